The van der Waals surface area contributed by atoms with Gasteiger partial charge in [-0.1, -0.05) is 15.9 Å². The number of amides is 1. The molecule has 21 heavy (non-hydrogen) atoms. The van der Waals surface area contributed by atoms with E-state index in [1.165, 1.54) is 0 Å². The monoisotopic (exact) mass is 416 g/mol. The number of likely N-dealkylation sites (tertiary alicyclic amines) is 1. The number of hydrogen-bond acceptors (Lipinski definition) is 3. The smallest absolute Gasteiger partial charge is 0.241 e. The van der Waals surface area contributed by atoms with Crippen molar-refractivity contribution in [1.29, 1.82) is 0 Å². The van der Waals surface area contributed by atoms with Gasteiger partial charge >= 0.3 is 0 Å². The molecule has 1 heterocycles. The first-order chi connectivity index (χ1) is 10.0. The molecule has 114 valence electrons. The van der Waals surface area contributed by atoms with E-state index in [0.29, 0.717) is 0 Å². The molecule has 1 atom stereocenters. The largest absolute Gasteiger partial charge is 0.496 e. The number of halogens is 2. The number of nitrogens with one attached hydrogen (secondary N) is 1. The second kappa shape index (κ2) is 7.42. The van der Waals surface area contributed by atoms with Gasteiger partial charge < -0.3 is 10.1 Å². The van der Waals surface area contributed by atoms with E-state index >= 15 is 0 Å². The molecule has 1 fully saturated rings. The van der Waals surface area contributed by atoms with Gasteiger partial charge in [0.25, 0.3) is 0 Å². The Morgan fingerprint density at radius 1 is 1.43 bits per heavy atom. The lowest BCUT2D eigenvalue weighted by atomic mass is 10.2. The van der Waals surface area contributed by atoms with Crippen molar-refractivity contribution in [3.63, 3.8) is 0 Å². The highest BCUT2D eigenvalue weighted by atomic mass is 79.9. The Labute approximate surface area is 141 Å². The predicted molar refractivity (Wildman–Crippen MR) is 91.2 cm³/mol. The van der Waals surface area contributed by atoms with Gasteiger partial charge in [-0.25, -0.2) is 0 Å². The maximum atomic E-state index is 12.1. The molecule has 0 radical (unpaired) electrons. The summed E-state index contributed by atoms with van der Waals surface area (Å²) in [5.41, 5.74) is 0.940. The highest BCUT2D eigenvalue weighted by molar-refractivity contribution is 9.11. The molecule has 1 N–H and O–H groups in total. The number of hydrogen-bond donors (Lipinski definition) is 1. The van der Waals surface area contributed by atoms with E-state index in [2.05, 4.69) is 42.1 Å². The van der Waals surface area contributed by atoms with Crippen LogP contribution in [0.5, 0.6) is 5.75 Å². The second-order valence-electron chi connectivity index (χ2n) is 4.99. The first-order valence-electron chi connectivity index (χ1n) is 6.73. The average Bonchev–Trinajstić information content (AvgIpc) is 2.87. The van der Waals surface area contributed by atoms with Crippen molar-refractivity contribution >= 4 is 43.8 Å². The molecule has 1 aromatic rings. The van der Waals surface area contributed by atoms with E-state index in [-0.39, 0.29) is 11.9 Å². The molecule has 2 rings (SSSR count). The van der Waals surface area contributed by atoms with Crippen LogP contribution in [0.2, 0.25) is 0 Å². The van der Waals surface area contributed by atoms with Gasteiger partial charge in [0.15, 0.2) is 0 Å². The Kier molecular flexibility index (Phi) is 5.84. The maximum Gasteiger partial charge on any atom is 0.241 e. The zero-order valence-corrected chi connectivity index (χ0v) is 15.2. The predicted octanol–water partition coefficient (Wildman–Crippen LogP) is 3.40. The Hall–Kier alpha value is -0.850. The van der Waals surface area contributed by atoms with Crippen LogP contribution in [0, 0.1) is 0 Å². The molecular weight excluding hydrogens is 400 g/mol. The van der Waals surface area contributed by atoms with E-state index in [1.54, 1.807) is 13.3 Å². The zero-order chi connectivity index (χ0) is 15.4. The lowest BCUT2D eigenvalue weighted by Gasteiger charge is -2.17. The van der Waals surface area contributed by atoms with Gasteiger partial charge in [0.2, 0.25) is 5.91 Å². The fraction of sp³-hybridized carbons (Fsp3) is 0.400. The number of carbonyl (C=O) groups is 1. The molecule has 0 spiro atoms. The molecule has 1 saturated heterocycles. The van der Waals surface area contributed by atoms with Gasteiger partial charge in [0.05, 0.1) is 17.6 Å². The number of ether oxygens (including phenoxy) is 1. The van der Waals surface area contributed by atoms with Crippen LogP contribution in [-0.2, 0) is 4.79 Å². The van der Waals surface area contributed by atoms with E-state index in [9.17, 15) is 4.79 Å². The minimum absolute atomic E-state index is 0.0162. The number of carbonyl (C=O) groups excluding carboxylic acids is 1. The minimum Gasteiger partial charge on any atom is -0.496 e. The van der Waals surface area contributed by atoms with Crippen LogP contribution < -0.4 is 10.1 Å². The third-order valence-corrected chi connectivity index (χ3v) is 4.89. The van der Waals surface area contributed by atoms with Crippen LogP contribution in [0.25, 0.3) is 6.08 Å². The van der Waals surface area contributed by atoms with Crippen molar-refractivity contribution in [3.8, 4) is 5.75 Å². The second-order valence-corrected chi connectivity index (χ2v) is 6.70. The summed E-state index contributed by atoms with van der Waals surface area (Å²) in [7, 11) is 3.61. The normalized spacial score (nSPS) is 19.1. The average molecular weight is 418 g/mol. The van der Waals surface area contributed by atoms with Crippen molar-refractivity contribution in [2.24, 2.45) is 0 Å². The maximum absolute atomic E-state index is 12.1. The SMILES string of the molecule is COc1cc(/C=C/NC(=O)[C@@H]2CCCN2C)c(Br)cc1Br. The van der Waals surface area contributed by atoms with E-state index in [1.807, 2.05) is 25.3 Å². The lowest BCUT2D eigenvalue weighted by molar-refractivity contribution is -0.124. The quantitative estimate of drug-likeness (QED) is 0.816. The van der Waals surface area contributed by atoms with Crippen LogP contribution in [0.15, 0.2) is 27.3 Å². The molecule has 0 aromatic heterocycles. The van der Waals surface area contributed by atoms with Crippen molar-refractivity contribution in [2.75, 3.05) is 20.7 Å². The van der Waals surface area contributed by atoms with Gasteiger partial charge in [-0.05, 0) is 66.1 Å². The number of nitrogens with zero attached hydrogens (tertiary/aromatic N) is 1. The molecular formula is C15H18Br2N2O2. The van der Waals surface area contributed by atoms with Crippen LogP contribution >= 0.6 is 31.9 Å². The van der Waals surface area contributed by atoms with E-state index in [4.69, 9.17) is 4.74 Å². The summed E-state index contributed by atoms with van der Waals surface area (Å²) in [6, 6.07) is 3.81. The fourth-order valence-corrected chi connectivity index (χ4v) is 3.67. The number of rotatable bonds is 4. The van der Waals surface area contributed by atoms with Gasteiger partial charge in [-0.2, -0.15) is 0 Å². The zero-order valence-electron chi connectivity index (χ0n) is 12.0. The number of methoxy groups -OCH3 is 1. The summed E-state index contributed by atoms with van der Waals surface area (Å²) >= 11 is 6.93. The molecule has 6 heteroatoms. The third-order valence-electron chi connectivity index (χ3n) is 3.58. The van der Waals surface area contributed by atoms with E-state index in [0.717, 1.165) is 39.6 Å². The summed E-state index contributed by atoms with van der Waals surface area (Å²) in [4.78, 5) is 14.1. The molecule has 1 amide bonds. The van der Waals surface area contributed by atoms with Crippen molar-refractivity contribution in [2.45, 2.75) is 18.9 Å². The van der Waals surface area contributed by atoms with Crippen molar-refractivity contribution in [3.05, 3.63) is 32.8 Å². The summed E-state index contributed by atoms with van der Waals surface area (Å²) in [5, 5.41) is 2.85. The number of benzene rings is 1. The summed E-state index contributed by atoms with van der Waals surface area (Å²) < 4.78 is 7.08. The lowest BCUT2D eigenvalue weighted by Crippen LogP contribution is -2.39. The Balaban J connectivity index is 2.03. The van der Waals surface area contributed by atoms with E-state index < -0.39 is 0 Å². The molecule has 1 aliphatic rings. The summed E-state index contributed by atoms with van der Waals surface area (Å²) in [6.07, 6.45) is 5.54. The van der Waals surface area contributed by atoms with Crippen molar-refractivity contribution in [1.82, 2.24) is 10.2 Å². The summed E-state index contributed by atoms with van der Waals surface area (Å²) in [6.45, 7) is 0.983. The van der Waals surface area contributed by atoms with Crippen molar-refractivity contribution < 1.29 is 9.53 Å². The molecule has 1 aliphatic heterocycles. The van der Waals surface area contributed by atoms with Crippen LogP contribution in [0.4, 0.5) is 0 Å². The minimum atomic E-state index is -0.0162. The van der Waals surface area contributed by atoms with Crippen LogP contribution in [0.3, 0.4) is 0 Å². The standard InChI is InChI=1S/C15H18Br2N2O2/c1-19-7-3-4-13(19)15(20)18-6-5-10-8-14(21-2)12(17)9-11(10)16/h5-6,8-9,13H,3-4,7H2,1-2H3,(H,18,20)/b6-5+/t13-/m0/s1. The fourth-order valence-electron chi connectivity index (χ4n) is 2.38. The number of likely N-dealkylation sites (N-methyl/N-ethyl adjacent to an activating group) is 1. The highest BCUT2D eigenvalue weighted by Gasteiger charge is 2.26. The highest BCUT2D eigenvalue weighted by Crippen LogP contribution is 2.32. The Morgan fingerprint density at radius 3 is 2.81 bits per heavy atom. The molecule has 0 bridgehead atoms. The first kappa shape index (κ1) is 16.5. The molecule has 0 saturated carbocycles. The van der Waals surface area contributed by atoms with Crippen LogP contribution in [-0.4, -0.2) is 37.6 Å². The van der Waals surface area contributed by atoms with Gasteiger partial charge in [-0.3, -0.25) is 9.69 Å². The Bertz CT molecular complexity index is 561. The van der Waals surface area contributed by atoms with Gasteiger partial charge in [0, 0.05) is 10.7 Å². The first-order valence-corrected chi connectivity index (χ1v) is 8.31. The summed E-state index contributed by atoms with van der Waals surface area (Å²) in [5.74, 6) is 0.797. The Morgan fingerprint density at radius 2 is 2.19 bits per heavy atom. The molecule has 0 aliphatic carbocycles. The third kappa shape index (κ3) is 4.08. The topological polar surface area (TPSA) is 41.6 Å². The van der Waals surface area contributed by atoms with Gasteiger partial charge in [-0.15, -0.1) is 0 Å². The van der Waals surface area contributed by atoms with Crippen LogP contribution in [0.1, 0.15) is 18.4 Å². The molecule has 1 aromatic carbocycles. The molecule has 4 nitrogen and oxygen atoms in total. The molecule has 0 unspecified atom stereocenters. The van der Waals surface area contributed by atoms with Gasteiger partial charge in [0.1, 0.15) is 5.75 Å².